The van der Waals surface area contributed by atoms with Gasteiger partial charge in [0.05, 0.1) is 71.1 Å². The summed E-state index contributed by atoms with van der Waals surface area (Å²) in [5.74, 6) is -0.236. The highest BCUT2D eigenvalue weighted by Crippen LogP contribution is 2.18. The van der Waals surface area contributed by atoms with Gasteiger partial charge in [0.25, 0.3) is 0 Å². The van der Waals surface area contributed by atoms with Crippen molar-refractivity contribution in [2.45, 2.75) is 95.0 Å². The Balaban J connectivity index is -0.0000000171. The molecule has 0 saturated heterocycles. The number of methoxy groups -OCH3 is 5. The molecule has 28 heteroatoms. The maximum absolute atomic E-state index is 9.92. The first-order valence-electron chi connectivity index (χ1n) is 14.0. The molecule has 3 amide bonds. The van der Waals surface area contributed by atoms with Crippen LogP contribution in [0, 0.1) is 0 Å². The van der Waals surface area contributed by atoms with Crippen molar-refractivity contribution in [3.8, 4) is 0 Å². The smallest absolute Gasteiger partial charge is 0.469 e. The van der Waals surface area contributed by atoms with Crippen molar-refractivity contribution in [2.24, 2.45) is 0 Å². The first-order valence-corrected chi connectivity index (χ1v) is 19.1. The summed E-state index contributed by atoms with van der Waals surface area (Å²) in [4.78, 5) is 48.6. The van der Waals surface area contributed by atoms with Crippen LogP contribution in [0.3, 0.4) is 0 Å². The lowest BCUT2D eigenvalue weighted by Crippen LogP contribution is -2.16. The molecule has 0 fully saturated rings. The number of hydrogen-bond acceptors (Lipinski definition) is 22. The van der Waals surface area contributed by atoms with Crippen LogP contribution in [0.25, 0.3) is 0 Å². The van der Waals surface area contributed by atoms with E-state index in [4.69, 9.17) is 0 Å². The number of carbonyl (C=O) groups excluding carboxylic acids is 5. The van der Waals surface area contributed by atoms with Crippen molar-refractivity contribution >= 4 is 71.8 Å². The Kier molecular flexibility index (Phi) is 290. The topological polar surface area (TPSA) is 303 Å². The minimum Gasteiger partial charge on any atom is -0.469 e. The Morgan fingerprint density at radius 1 is 0.508 bits per heavy atom. The van der Waals surface area contributed by atoms with Crippen LogP contribution >= 0.6 is 20.0 Å². The normalized spacial score (nSPS) is 6.63. The summed E-state index contributed by atoms with van der Waals surface area (Å²) in [5.41, 5.74) is 0. The van der Waals surface area contributed by atoms with Gasteiger partial charge in [-0.1, -0.05) is 74.3 Å². The lowest BCUT2D eigenvalue weighted by Gasteiger charge is -1.91. The molecule has 0 bridgehead atoms. The van der Waals surface area contributed by atoms with E-state index in [-0.39, 0.29) is 92.1 Å². The number of rotatable bonds is 6. The monoisotopic (exact) mass is 1060 g/mol. The molecule has 0 aromatic rings. The van der Waals surface area contributed by atoms with E-state index in [0.29, 0.717) is 0 Å². The Morgan fingerprint density at radius 2 is 0.708 bits per heavy atom. The summed E-state index contributed by atoms with van der Waals surface area (Å²) >= 11 is 0.216. The summed E-state index contributed by atoms with van der Waals surface area (Å²) in [7, 11) is 18.7. The molecule has 0 aliphatic heterocycles. The van der Waals surface area contributed by atoms with Crippen molar-refractivity contribution in [3.63, 3.8) is 0 Å². The predicted octanol–water partition coefficient (Wildman–Crippen LogP) is 7.81. The predicted molar refractivity (Wildman–Crippen MR) is 279 cm³/mol. The van der Waals surface area contributed by atoms with E-state index in [2.05, 4.69) is 70.7 Å². The molecule has 0 radical (unpaired) electrons. The van der Waals surface area contributed by atoms with Gasteiger partial charge in [-0.3, -0.25) is 31.1 Å². The maximum atomic E-state index is 9.92. The zero-order valence-corrected chi connectivity index (χ0v) is 39.7. The molecule has 0 rings (SSSR count). The van der Waals surface area contributed by atoms with Gasteiger partial charge < -0.3 is 45.0 Å². The number of ether oxygens (including phenoxy) is 5. The van der Waals surface area contributed by atoms with E-state index in [1.807, 2.05) is 26.6 Å². The molecule has 0 aromatic heterocycles. The molecule has 0 aromatic carbocycles. The SMILES string of the molecule is C.C.C.C.C.C.C.C.C.C.CNC.CNC(=O)OC.CNC(C)=O.CNC(C)=O.COC.COC(=O)OC.COC(C)=O.COS(=O)(=O)OC.COS(=O)OC.CO[P+](=O)OC.CSC. The van der Waals surface area contributed by atoms with E-state index in [0.717, 1.165) is 14.2 Å². The second kappa shape index (κ2) is 137. The van der Waals surface area contributed by atoms with Gasteiger partial charge in [0.1, 0.15) is 0 Å². The number of nitrogens with one attached hydrogen (secondary N) is 4. The van der Waals surface area contributed by atoms with Gasteiger partial charge in [-0.05, 0) is 26.6 Å². The Labute approximate surface area is 410 Å². The van der Waals surface area contributed by atoms with Crippen molar-refractivity contribution in [3.05, 3.63) is 0 Å². The van der Waals surface area contributed by atoms with Crippen molar-refractivity contribution in [2.75, 3.05) is 133 Å². The quantitative estimate of drug-likeness (QED) is 0.112. The fraction of sp³-hybridized carbons (Fsp3) is 0.865. The van der Waals surface area contributed by atoms with Crippen LogP contribution in [-0.4, -0.2) is 176 Å². The van der Waals surface area contributed by atoms with Gasteiger partial charge in [-0.25, -0.2) is 9.59 Å². The van der Waals surface area contributed by atoms with Crippen LogP contribution in [0.2, 0.25) is 0 Å². The Morgan fingerprint density at radius 3 is 0.708 bits per heavy atom. The lowest BCUT2D eigenvalue weighted by molar-refractivity contribution is -0.138. The van der Waals surface area contributed by atoms with Gasteiger partial charge in [0.2, 0.25) is 11.8 Å². The highest BCUT2D eigenvalue weighted by molar-refractivity contribution is 7.97. The summed E-state index contributed by atoms with van der Waals surface area (Å²) in [6.45, 7) is 4.31. The summed E-state index contributed by atoms with van der Waals surface area (Å²) in [6, 6.07) is 0. The molecular weight excluding hydrogens is 948 g/mol. The second-order valence-corrected chi connectivity index (χ2v) is 11.4. The van der Waals surface area contributed by atoms with Gasteiger partial charge in [0.15, 0.2) is 0 Å². The minimum absolute atomic E-state index is 0. The van der Waals surface area contributed by atoms with Gasteiger partial charge in [-0.15, -0.1) is 9.05 Å². The van der Waals surface area contributed by atoms with Crippen LogP contribution in [0.15, 0.2) is 0 Å². The molecule has 65 heavy (non-hydrogen) atoms. The molecule has 0 unspecified atom stereocenters. The van der Waals surface area contributed by atoms with E-state index in [1.165, 1.54) is 84.7 Å². The number of amides is 3. The van der Waals surface area contributed by atoms with Crippen LogP contribution in [0.5, 0.6) is 0 Å². The maximum Gasteiger partial charge on any atom is 0.696 e. The molecule has 24 nitrogen and oxygen atoms in total. The van der Waals surface area contributed by atoms with Crippen molar-refractivity contribution < 1.29 is 90.6 Å². The molecule has 0 aliphatic carbocycles. The van der Waals surface area contributed by atoms with E-state index in [1.54, 1.807) is 40.1 Å². The van der Waals surface area contributed by atoms with Crippen LogP contribution in [-0.2, 0) is 90.2 Å². The highest BCUT2D eigenvalue weighted by Gasteiger charge is 2.10. The fourth-order valence-corrected chi connectivity index (χ4v) is 0.817. The molecule has 0 heterocycles. The van der Waals surface area contributed by atoms with Gasteiger partial charge in [-0.2, -0.15) is 24.4 Å². The standard InChI is InChI=1S/C3H7NO2.2C3H7NO.C3H6O3.C3H6O2.C2H7N.C2H6O4S.C2H6O3P.C2H6O3S.C2H6O.C2H6S.10CH4/c1-4-3(5)6-2;2*1-3(5)4-2;1-5-3(4)6-2;1-3(4)5-2;1-3-2;1-5-7(3,4)6-2;2*1-4-6(3)5-2;2*1-3-2;;;;;;;;;;/h1-2H3,(H,4,5);2*1-2H3,(H,4,5);1-2H3;1-2H3;3H,1-2H3;1-2H3;2*1-2H3;2*1-2H3;10*1H4/q;;;;;;;+1;;;;;;;;;;;;;. The number of hydrogen-bond donors (Lipinski definition) is 4. The van der Waals surface area contributed by atoms with Crippen LogP contribution in [0.1, 0.15) is 95.0 Å². The fourth-order valence-electron chi connectivity index (χ4n) is 0.396. The van der Waals surface area contributed by atoms with Crippen molar-refractivity contribution in [1.29, 1.82) is 0 Å². The summed E-state index contributed by atoms with van der Waals surface area (Å²) in [5, 5.41) is 9.78. The van der Waals surface area contributed by atoms with Gasteiger partial charge >= 0.3 is 48.2 Å². The largest absolute Gasteiger partial charge is 0.696 e. The summed E-state index contributed by atoms with van der Waals surface area (Å²) < 4.78 is 84.5. The first kappa shape index (κ1) is 137. The van der Waals surface area contributed by atoms with Gasteiger partial charge in [0, 0.05) is 60.7 Å². The number of esters is 1. The van der Waals surface area contributed by atoms with Crippen molar-refractivity contribution in [1.82, 2.24) is 21.3 Å². The van der Waals surface area contributed by atoms with Crippen LogP contribution < -0.4 is 21.3 Å². The zero-order valence-electron chi connectivity index (χ0n) is 36.3. The zero-order chi connectivity index (χ0) is 46.9. The third-order valence-corrected chi connectivity index (χ3v) is 4.65. The lowest BCUT2D eigenvalue weighted by atomic mass is 10.7. The molecule has 4 N–H and O–H groups in total. The number of alkyl carbamates (subject to hydrolysis) is 1. The molecular formula is C37H110N4O20PS3+. The average molecular weight is 1060 g/mol. The van der Waals surface area contributed by atoms with E-state index < -0.39 is 42.3 Å². The molecule has 0 spiro atoms. The Bertz CT molecular complexity index is 813. The average Bonchev–Trinajstić information content (AvgIpc) is 3.18. The van der Waals surface area contributed by atoms with E-state index in [9.17, 15) is 41.2 Å². The third-order valence-electron chi connectivity index (χ3n) is 2.69. The summed E-state index contributed by atoms with van der Waals surface area (Å²) in [6.07, 6.45) is 3.02. The molecule has 0 saturated carbocycles. The highest BCUT2D eigenvalue weighted by atomic mass is 32.3. The molecule has 0 aliphatic rings. The van der Waals surface area contributed by atoms with E-state index >= 15 is 0 Å². The first-order chi connectivity index (χ1) is 25.4. The third kappa shape index (κ3) is 338. The number of carbonyl (C=O) groups is 5. The second-order valence-electron chi connectivity index (χ2n) is 6.89. The Hall–Kier alpha value is -2.82. The van der Waals surface area contributed by atoms with Crippen LogP contribution in [0.4, 0.5) is 9.59 Å². The molecule has 420 valence electrons. The number of thioether (sulfide) groups is 1. The minimum atomic E-state index is -3.66. The molecule has 0 atom stereocenters.